The lowest BCUT2D eigenvalue weighted by Crippen LogP contribution is -2.02. The van der Waals surface area contributed by atoms with Crippen molar-refractivity contribution in [1.82, 2.24) is 9.97 Å². The van der Waals surface area contributed by atoms with Crippen LogP contribution in [0.2, 0.25) is 0 Å². The number of nitrogens with zero attached hydrogens (tertiary/aromatic N) is 5. The zero-order chi connectivity index (χ0) is 17.9. The Hall–Kier alpha value is -4.11. The van der Waals surface area contributed by atoms with Crippen molar-refractivity contribution in [2.75, 3.05) is 0 Å². The van der Waals surface area contributed by atoms with Crippen LogP contribution in [0.1, 0.15) is 47.6 Å². The van der Waals surface area contributed by atoms with E-state index in [0.29, 0.717) is 19.3 Å². The van der Waals surface area contributed by atoms with E-state index >= 15 is 0 Å². The number of hydrogen-bond acceptors (Lipinski definition) is 5. The van der Waals surface area contributed by atoms with E-state index in [1.54, 1.807) is 0 Å². The molecule has 0 radical (unpaired) electrons. The van der Waals surface area contributed by atoms with Crippen LogP contribution in [0, 0.1) is 57.7 Å². The van der Waals surface area contributed by atoms with Gasteiger partial charge in [-0.2, -0.15) is 15.8 Å². The van der Waals surface area contributed by atoms with Crippen LogP contribution >= 0.6 is 0 Å². The fraction of sp³-hybridized carbons (Fsp3) is 0.150. The number of benzene rings is 1. The molecule has 0 saturated heterocycles. The minimum atomic E-state index is -0.0749. The summed E-state index contributed by atoms with van der Waals surface area (Å²) < 4.78 is 0. The minimum Gasteiger partial charge on any atom is -0.223 e. The predicted octanol–water partition coefficient (Wildman–Crippen LogP) is 2.67. The normalized spacial score (nSPS) is 8.52. The Bertz CT molecular complexity index is 1010. The van der Waals surface area contributed by atoms with Crippen LogP contribution in [-0.4, -0.2) is 9.97 Å². The van der Waals surface area contributed by atoms with Crippen molar-refractivity contribution in [3.05, 3.63) is 58.7 Å². The van der Waals surface area contributed by atoms with E-state index in [9.17, 15) is 0 Å². The fourth-order valence-corrected chi connectivity index (χ4v) is 1.82. The molecule has 1 aromatic heterocycles. The minimum absolute atomic E-state index is 0.0742. The molecule has 2 rings (SSSR count). The van der Waals surface area contributed by atoms with Gasteiger partial charge in [0.15, 0.2) is 11.4 Å². The van der Waals surface area contributed by atoms with Gasteiger partial charge in [0.1, 0.15) is 23.5 Å². The van der Waals surface area contributed by atoms with Crippen molar-refractivity contribution in [1.29, 1.82) is 15.8 Å². The van der Waals surface area contributed by atoms with Gasteiger partial charge in [-0.3, -0.25) is 0 Å². The van der Waals surface area contributed by atoms with Crippen molar-refractivity contribution >= 4 is 0 Å². The summed E-state index contributed by atoms with van der Waals surface area (Å²) in [5.74, 6) is 11.6. The second kappa shape index (κ2) is 9.12. The molecule has 0 atom stereocenters. The molecule has 0 amide bonds. The Morgan fingerprint density at radius 3 is 1.96 bits per heavy atom. The highest BCUT2D eigenvalue weighted by Gasteiger charge is 2.10. The molecule has 1 aromatic carbocycles. The van der Waals surface area contributed by atoms with E-state index in [2.05, 4.69) is 39.7 Å². The van der Waals surface area contributed by atoms with Crippen LogP contribution in [0.15, 0.2) is 30.3 Å². The first kappa shape index (κ1) is 17.2. The van der Waals surface area contributed by atoms with Gasteiger partial charge >= 0.3 is 0 Å². The van der Waals surface area contributed by atoms with Gasteiger partial charge in [0, 0.05) is 18.4 Å². The second-order valence-corrected chi connectivity index (χ2v) is 4.77. The number of aromatic nitrogens is 2. The molecule has 0 aliphatic carbocycles. The molecule has 2 aromatic rings. The van der Waals surface area contributed by atoms with Gasteiger partial charge in [0.2, 0.25) is 0 Å². The lowest BCUT2D eigenvalue weighted by Gasteiger charge is -1.98. The molecule has 0 fully saturated rings. The third-order valence-corrected chi connectivity index (χ3v) is 3.00. The van der Waals surface area contributed by atoms with Crippen LogP contribution < -0.4 is 0 Å². The zero-order valence-corrected chi connectivity index (χ0v) is 13.2. The van der Waals surface area contributed by atoms with E-state index in [-0.39, 0.29) is 22.8 Å². The summed E-state index contributed by atoms with van der Waals surface area (Å²) in [4.78, 5) is 8.22. The summed E-state index contributed by atoms with van der Waals surface area (Å²) in [5.41, 5.74) is 1.16. The molecule has 25 heavy (non-hydrogen) atoms. The Labute approximate surface area is 146 Å². The maximum absolute atomic E-state index is 9.10. The molecular formula is C20H11N5. The average Bonchev–Trinajstić information content (AvgIpc) is 2.67. The van der Waals surface area contributed by atoms with Crippen LogP contribution in [0.4, 0.5) is 0 Å². The topological polar surface area (TPSA) is 97.1 Å². The van der Waals surface area contributed by atoms with Gasteiger partial charge < -0.3 is 0 Å². The lowest BCUT2D eigenvalue weighted by molar-refractivity contribution is 0.893. The van der Waals surface area contributed by atoms with E-state index in [1.165, 1.54) is 0 Å². The van der Waals surface area contributed by atoms with Gasteiger partial charge in [-0.05, 0) is 30.4 Å². The predicted molar refractivity (Wildman–Crippen MR) is 90.2 cm³/mol. The Kier molecular flexibility index (Phi) is 6.29. The van der Waals surface area contributed by atoms with Crippen molar-refractivity contribution in [2.24, 2.45) is 0 Å². The largest absolute Gasteiger partial charge is 0.223 e. The smallest absolute Gasteiger partial charge is 0.178 e. The Morgan fingerprint density at radius 2 is 1.36 bits per heavy atom. The molecule has 1 heterocycles. The highest BCUT2D eigenvalue weighted by Crippen LogP contribution is 2.08. The van der Waals surface area contributed by atoms with Crippen molar-refractivity contribution in [2.45, 2.75) is 19.3 Å². The molecule has 0 unspecified atom stereocenters. The number of unbranched alkanes of at least 4 members (excludes halogenated alkanes) is 2. The van der Waals surface area contributed by atoms with Crippen molar-refractivity contribution in [3.8, 4) is 41.9 Å². The molecule has 0 saturated carbocycles. The second-order valence-electron chi connectivity index (χ2n) is 4.77. The lowest BCUT2D eigenvalue weighted by atomic mass is 10.2. The summed E-state index contributed by atoms with van der Waals surface area (Å²) in [7, 11) is 0. The molecule has 5 nitrogen and oxygen atoms in total. The highest BCUT2D eigenvalue weighted by molar-refractivity contribution is 5.50. The Balaban J connectivity index is 2.43. The van der Waals surface area contributed by atoms with Crippen molar-refractivity contribution in [3.63, 3.8) is 0 Å². The monoisotopic (exact) mass is 321 g/mol. The SMILES string of the molecule is N#CCCCC#Cc1nc(C#N)c(C#N)nc1C#Cc1ccccc1. The fourth-order valence-electron chi connectivity index (χ4n) is 1.82. The van der Waals surface area contributed by atoms with Crippen LogP contribution in [-0.2, 0) is 0 Å². The Morgan fingerprint density at radius 1 is 0.720 bits per heavy atom. The van der Waals surface area contributed by atoms with Gasteiger partial charge in [-0.15, -0.1) is 0 Å². The van der Waals surface area contributed by atoms with Gasteiger partial charge in [-0.1, -0.05) is 30.0 Å². The first-order valence-corrected chi connectivity index (χ1v) is 7.43. The molecular weight excluding hydrogens is 310 g/mol. The standard InChI is InChI=1S/C20H11N5/c21-13-7-2-1-6-10-17-18(12-11-16-8-4-3-5-9-16)25-20(15-23)19(14-22)24-17/h3-5,8-9H,1-2,7H2. The number of nitriles is 3. The summed E-state index contributed by atoms with van der Waals surface area (Å²) >= 11 is 0. The molecule has 0 bridgehead atoms. The number of hydrogen-bond donors (Lipinski definition) is 0. The highest BCUT2D eigenvalue weighted by atomic mass is 14.8. The van der Waals surface area contributed by atoms with Crippen LogP contribution in [0.5, 0.6) is 0 Å². The van der Waals surface area contributed by atoms with Gasteiger partial charge in [0.05, 0.1) is 6.07 Å². The molecule has 5 heteroatoms. The average molecular weight is 321 g/mol. The quantitative estimate of drug-likeness (QED) is 0.625. The molecule has 0 N–H and O–H groups in total. The number of rotatable bonds is 2. The maximum Gasteiger partial charge on any atom is 0.178 e. The van der Waals surface area contributed by atoms with Crippen LogP contribution in [0.3, 0.4) is 0 Å². The summed E-state index contributed by atoms with van der Waals surface area (Å²) in [6.07, 6.45) is 1.61. The summed E-state index contributed by atoms with van der Waals surface area (Å²) in [6.45, 7) is 0. The first-order valence-electron chi connectivity index (χ1n) is 7.43. The summed E-state index contributed by atoms with van der Waals surface area (Å²) in [5, 5.41) is 26.7. The van der Waals surface area contributed by atoms with Gasteiger partial charge in [0.25, 0.3) is 0 Å². The molecule has 116 valence electrons. The van der Waals surface area contributed by atoms with Crippen LogP contribution in [0.25, 0.3) is 0 Å². The third-order valence-electron chi connectivity index (χ3n) is 3.00. The van der Waals surface area contributed by atoms with Crippen molar-refractivity contribution < 1.29 is 0 Å². The van der Waals surface area contributed by atoms with E-state index in [1.807, 2.05) is 42.5 Å². The van der Waals surface area contributed by atoms with Gasteiger partial charge in [-0.25, -0.2) is 9.97 Å². The third kappa shape index (κ3) is 4.94. The summed E-state index contributed by atoms with van der Waals surface area (Å²) in [6, 6.07) is 15.1. The van der Waals surface area contributed by atoms with E-state index in [4.69, 9.17) is 15.8 Å². The first-order chi connectivity index (χ1) is 12.3. The zero-order valence-electron chi connectivity index (χ0n) is 13.2. The van der Waals surface area contributed by atoms with E-state index < -0.39 is 0 Å². The molecule has 0 spiro atoms. The molecule has 0 aliphatic heterocycles. The molecule has 0 aliphatic rings. The van der Waals surface area contributed by atoms with E-state index in [0.717, 1.165) is 5.56 Å². The maximum atomic E-state index is 9.10.